The number of carbonyl (C=O) groups excluding carboxylic acids is 1. The van der Waals surface area contributed by atoms with Gasteiger partial charge in [-0.05, 0) is 50.3 Å². The Hall–Kier alpha value is -0.920. The van der Waals surface area contributed by atoms with Crippen LogP contribution < -0.4 is 5.32 Å². The highest BCUT2D eigenvalue weighted by molar-refractivity contribution is 14.1. The number of alkyl carbamates (subject to hydrolysis) is 1. The Bertz CT molecular complexity index is 446. The Balaban J connectivity index is 2.71. The summed E-state index contributed by atoms with van der Waals surface area (Å²) in [6, 6.07) is 1.30. The zero-order valence-corrected chi connectivity index (χ0v) is 12.9. The normalized spacial score (nSPS) is 13.0. The largest absolute Gasteiger partial charge is 0.442 e. The van der Waals surface area contributed by atoms with E-state index < -0.39 is 18.1 Å². The van der Waals surface area contributed by atoms with Gasteiger partial charge >= 0.3 is 6.09 Å². The predicted molar refractivity (Wildman–Crippen MR) is 74.7 cm³/mol. The van der Waals surface area contributed by atoms with Gasteiger partial charge in [-0.15, -0.1) is 0 Å². The second-order valence-corrected chi connectivity index (χ2v) is 6.11. The van der Waals surface area contributed by atoms with Gasteiger partial charge in [0.1, 0.15) is 6.10 Å². The van der Waals surface area contributed by atoms with Crippen molar-refractivity contribution in [2.45, 2.75) is 39.3 Å². The number of aromatic nitrogens is 1. The van der Waals surface area contributed by atoms with E-state index >= 15 is 0 Å². The number of nitrogens with zero attached hydrogens (tertiary/aromatic N) is 1. The first-order valence-corrected chi connectivity index (χ1v) is 6.56. The molecule has 1 amide bonds. The standard InChI is InChI=1S/C12H16FIN2O2/c1-7(18-11(17)16-12(2,3)4)8-6-15-10(13)5-9(8)14/h5-7H,1-4H3,(H,16,17). The molecule has 0 aromatic carbocycles. The van der Waals surface area contributed by atoms with E-state index in [2.05, 4.69) is 10.3 Å². The van der Waals surface area contributed by atoms with Crippen LogP contribution in [-0.4, -0.2) is 16.6 Å². The maximum absolute atomic E-state index is 12.9. The van der Waals surface area contributed by atoms with Crippen LogP contribution in [-0.2, 0) is 4.74 Å². The number of rotatable bonds is 2. The molecule has 0 fully saturated rings. The third kappa shape index (κ3) is 4.75. The van der Waals surface area contributed by atoms with E-state index in [0.29, 0.717) is 9.13 Å². The molecule has 0 aliphatic heterocycles. The fraction of sp³-hybridized carbons (Fsp3) is 0.500. The summed E-state index contributed by atoms with van der Waals surface area (Å²) >= 11 is 1.98. The molecule has 1 aromatic heterocycles. The lowest BCUT2D eigenvalue weighted by Gasteiger charge is -2.22. The second-order valence-electron chi connectivity index (χ2n) is 4.95. The SMILES string of the molecule is CC(OC(=O)NC(C)(C)C)c1cnc(F)cc1I. The molecule has 6 heteroatoms. The van der Waals surface area contributed by atoms with Gasteiger partial charge in [0.2, 0.25) is 5.95 Å². The topological polar surface area (TPSA) is 51.2 Å². The summed E-state index contributed by atoms with van der Waals surface area (Å²) in [5, 5.41) is 2.69. The fourth-order valence-electron chi connectivity index (χ4n) is 1.28. The van der Waals surface area contributed by atoms with Gasteiger partial charge in [0, 0.05) is 26.9 Å². The molecule has 0 aliphatic rings. The van der Waals surface area contributed by atoms with Gasteiger partial charge in [0.05, 0.1) is 0 Å². The Labute approximate surface area is 119 Å². The Morgan fingerprint density at radius 1 is 1.56 bits per heavy atom. The average Bonchev–Trinajstić information content (AvgIpc) is 2.13. The van der Waals surface area contributed by atoms with Crippen LogP contribution in [0.25, 0.3) is 0 Å². The molecule has 0 radical (unpaired) electrons. The summed E-state index contributed by atoms with van der Waals surface area (Å²) < 4.78 is 18.8. The van der Waals surface area contributed by atoms with Crippen molar-refractivity contribution in [3.05, 3.63) is 27.3 Å². The van der Waals surface area contributed by atoms with Gasteiger partial charge in [0.15, 0.2) is 0 Å². The highest BCUT2D eigenvalue weighted by Crippen LogP contribution is 2.22. The molecule has 0 saturated carbocycles. The molecule has 1 unspecified atom stereocenters. The summed E-state index contributed by atoms with van der Waals surface area (Å²) in [5.74, 6) is -0.547. The smallest absolute Gasteiger partial charge is 0.408 e. The van der Waals surface area contributed by atoms with E-state index in [1.165, 1.54) is 12.3 Å². The number of nitrogens with one attached hydrogen (secondary N) is 1. The van der Waals surface area contributed by atoms with Crippen molar-refractivity contribution < 1.29 is 13.9 Å². The van der Waals surface area contributed by atoms with Crippen LogP contribution in [0.4, 0.5) is 9.18 Å². The predicted octanol–water partition coefficient (Wildman–Crippen LogP) is 3.41. The van der Waals surface area contributed by atoms with Crippen LogP contribution >= 0.6 is 22.6 Å². The van der Waals surface area contributed by atoms with E-state index in [4.69, 9.17) is 4.74 Å². The lowest BCUT2D eigenvalue weighted by Crippen LogP contribution is -2.41. The Kier molecular flexibility index (Phi) is 4.89. The summed E-state index contributed by atoms with van der Waals surface area (Å²) in [6.45, 7) is 7.31. The fourth-order valence-corrected chi connectivity index (χ4v) is 2.11. The highest BCUT2D eigenvalue weighted by atomic mass is 127. The van der Waals surface area contributed by atoms with Crippen LogP contribution in [0.1, 0.15) is 39.4 Å². The van der Waals surface area contributed by atoms with E-state index in [-0.39, 0.29) is 5.54 Å². The molecule has 1 N–H and O–H groups in total. The van der Waals surface area contributed by atoms with Crippen molar-refractivity contribution >= 4 is 28.7 Å². The van der Waals surface area contributed by atoms with E-state index in [1.807, 2.05) is 43.4 Å². The molecule has 1 atom stereocenters. The van der Waals surface area contributed by atoms with E-state index in [0.717, 1.165) is 0 Å². The van der Waals surface area contributed by atoms with Crippen molar-refractivity contribution in [1.29, 1.82) is 0 Å². The second kappa shape index (κ2) is 5.81. The van der Waals surface area contributed by atoms with Gasteiger partial charge in [-0.3, -0.25) is 0 Å². The van der Waals surface area contributed by atoms with Crippen molar-refractivity contribution in [2.75, 3.05) is 0 Å². The summed E-state index contributed by atoms with van der Waals surface area (Å²) in [5.41, 5.74) is 0.325. The van der Waals surface area contributed by atoms with Gasteiger partial charge in [0.25, 0.3) is 0 Å². The molecule has 0 aliphatic carbocycles. The lowest BCUT2D eigenvalue weighted by atomic mass is 10.1. The zero-order chi connectivity index (χ0) is 13.9. The average molecular weight is 366 g/mol. The minimum Gasteiger partial charge on any atom is -0.442 e. The molecule has 18 heavy (non-hydrogen) atoms. The molecule has 0 saturated heterocycles. The zero-order valence-electron chi connectivity index (χ0n) is 10.8. The van der Waals surface area contributed by atoms with Gasteiger partial charge < -0.3 is 10.1 Å². The Morgan fingerprint density at radius 2 is 2.17 bits per heavy atom. The first kappa shape index (κ1) is 15.1. The molecule has 4 nitrogen and oxygen atoms in total. The van der Waals surface area contributed by atoms with E-state index in [9.17, 15) is 9.18 Å². The number of hydrogen-bond acceptors (Lipinski definition) is 3. The number of halogens is 2. The first-order chi connectivity index (χ1) is 8.19. The van der Waals surface area contributed by atoms with Crippen LogP contribution in [0.3, 0.4) is 0 Å². The van der Waals surface area contributed by atoms with Crippen LogP contribution in [0.2, 0.25) is 0 Å². The van der Waals surface area contributed by atoms with Gasteiger partial charge in [-0.25, -0.2) is 9.78 Å². The molecular weight excluding hydrogens is 350 g/mol. The van der Waals surface area contributed by atoms with E-state index in [1.54, 1.807) is 6.92 Å². The van der Waals surface area contributed by atoms with Gasteiger partial charge in [-0.2, -0.15) is 4.39 Å². The minimum atomic E-state index is -0.547. The van der Waals surface area contributed by atoms with Gasteiger partial charge in [-0.1, -0.05) is 0 Å². The molecular formula is C12H16FIN2O2. The molecule has 1 rings (SSSR count). The van der Waals surface area contributed by atoms with Crippen molar-refractivity contribution in [3.63, 3.8) is 0 Å². The highest BCUT2D eigenvalue weighted by Gasteiger charge is 2.19. The molecule has 100 valence electrons. The number of amides is 1. The lowest BCUT2D eigenvalue weighted by molar-refractivity contribution is 0.0994. The van der Waals surface area contributed by atoms with Crippen molar-refractivity contribution in [2.24, 2.45) is 0 Å². The number of pyridine rings is 1. The van der Waals surface area contributed by atoms with Crippen molar-refractivity contribution in [3.8, 4) is 0 Å². The third-order valence-corrected chi connectivity index (χ3v) is 2.98. The molecule has 0 bridgehead atoms. The molecule has 0 spiro atoms. The molecule has 1 heterocycles. The summed E-state index contributed by atoms with van der Waals surface area (Å²) in [7, 11) is 0. The first-order valence-electron chi connectivity index (χ1n) is 5.49. The summed E-state index contributed by atoms with van der Waals surface area (Å²) in [6.07, 6.45) is 0.397. The quantitative estimate of drug-likeness (QED) is 0.645. The number of carbonyl (C=O) groups is 1. The minimum absolute atomic E-state index is 0.356. The Morgan fingerprint density at radius 3 is 2.67 bits per heavy atom. The molecule has 1 aromatic rings. The number of ether oxygens (including phenoxy) is 1. The van der Waals surface area contributed by atoms with Crippen LogP contribution in [0.5, 0.6) is 0 Å². The maximum atomic E-state index is 12.9. The monoisotopic (exact) mass is 366 g/mol. The summed E-state index contributed by atoms with van der Waals surface area (Å²) in [4.78, 5) is 15.2. The van der Waals surface area contributed by atoms with Crippen LogP contribution in [0, 0.1) is 9.52 Å². The number of hydrogen-bond donors (Lipinski definition) is 1. The van der Waals surface area contributed by atoms with Crippen molar-refractivity contribution in [1.82, 2.24) is 10.3 Å². The third-order valence-electron chi connectivity index (χ3n) is 2.05. The maximum Gasteiger partial charge on any atom is 0.408 e. The van der Waals surface area contributed by atoms with Crippen LogP contribution in [0.15, 0.2) is 12.3 Å².